The Morgan fingerprint density at radius 2 is 1.78 bits per heavy atom. The molecule has 2 aliphatic heterocycles. The van der Waals surface area contributed by atoms with Gasteiger partial charge in [0.2, 0.25) is 11.8 Å². The van der Waals surface area contributed by atoms with E-state index in [-0.39, 0.29) is 24.3 Å². The monoisotopic (exact) mass is 428 g/mol. The summed E-state index contributed by atoms with van der Waals surface area (Å²) in [5.41, 5.74) is 5.58. The van der Waals surface area contributed by atoms with Gasteiger partial charge in [-0.3, -0.25) is 24.4 Å². The molecule has 7 nitrogen and oxygen atoms in total. The van der Waals surface area contributed by atoms with Crippen LogP contribution in [-0.2, 0) is 16.1 Å². The summed E-state index contributed by atoms with van der Waals surface area (Å²) in [5.74, 6) is -0.845. The van der Waals surface area contributed by atoms with E-state index in [2.05, 4.69) is 36.4 Å². The van der Waals surface area contributed by atoms with Crippen molar-refractivity contribution in [1.29, 1.82) is 0 Å². The van der Waals surface area contributed by atoms with Gasteiger partial charge < -0.3 is 4.90 Å². The molecule has 2 aliphatic rings. The predicted octanol–water partition coefficient (Wildman–Crippen LogP) is 3.56. The molecule has 0 aliphatic carbocycles. The van der Waals surface area contributed by atoms with Crippen molar-refractivity contribution in [3.63, 3.8) is 0 Å². The maximum atomic E-state index is 13.0. The van der Waals surface area contributed by atoms with Crippen LogP contribution in [0.25, 0.3) is 22.4 Å². The lowest BCUT2D eigenvalue weighted by Crippen LogP contribution is -2.52. The lowest BCUT2D eigenvalue weighted by Gasteiger charge is -2.29. The van der Waals surface area contributed by atoms with Gasteiger partial charge in [-0.15, -0.1) is 0 Å². The summed E-state index contributed by atoms with van der Waals surface area (Å²) in [5, 5.41) is 6.98. The lowest BCUT2D eigenvalue weighted by atomic mass is 9.98. The van der Waals surface area contributed by atoms with Crippen LogP contribution >= 0.6 is 0 Å². The van der Waals surface area contributed by atoms with E-state index in [1.807, 2.05) is 47.3 Å². The number of piperidine rings is 1. The molecule has 162 valence electrons. The van der Waals surface area contributed by atoms with E-state index in [0.717, 1.165) is 27.9 Å². The summed E-state index contributed by atoms with van der Waals surface area (Å²) in [6.07, 6.45) is 2.48. The van der Waals surface area contributed by atoms with Gasteiger partial charge >= 0.3 is 0 Å². The van der Waals surface area contributed by atoms with Crippen LogP contribution in [0.15, 0.2) is 54.7 Å². The van der Waals surface area contributed by atoms with E-state index in [9.17, 15) is 14.4 Å². The summed E-state index contributed by atoms with van der Waals surface area (Å²) in [7, 11) is 0. The first kappa shape index (κ1) is 20.2. The molecule has 1 fully saturated rings. The van der Waals surface area contributed by atoms with E-state index in [4.69, 9.17) is 0 Å². The molecule has 1 N–H and O–H groups in total. The number of nitrogens with zero attached hydrogens (tertiary/aromatic N) is 3. The van der Waals surface area contributed by atoms with Gasteiger partial charge in [0.05, 0.1) is 11.9 Å². The number of imide groups is 1. The van der Waals surface area contributed by atoms with Crippen molar-refractivity contribution >= 4 is 17.7 Å². The number of carbonyl (C=O) groups excluding carboxylic acids is 3. The number of hydrogen-bond donors (Lipinski definition) is 1. The third-order valence-electron chi connectivity index (χ3n) is 6.17. The average molecular weight is 428 g/mol. The standard InChI is InChI=1S/C25H24N4O3/c1-15(2)29-23(16-6-4-3-5-7-16)20(13-26-29)17-8-9-19-18(12-17)14-28(25(19)32)21-10-11-22(30)27-24(21)31/h3-9,12-13,15,21H,10-11,14H2,1-2H3,(H,27,30,31). The van der Waals surface area contributed by atoms with Crippen molar-refractivity contribution in [2.45, 2.75) is 45.3 Å². The fourth-order valence-corrected chi connectivity index (χ4v) is 4.59. The minimum Gasteiger partial charge on any atom is -0.322 e. The Bertz CT molecular complexity index is 1230. The molecule has 32 heavy (non-hydrogen) atoms. The fourth-order valence-electron chi connectivity index (χ4n) is 4.59. The lowest BCUT2D eigenvalue weighted by molar-refractivity contribution is -0.136. The van der Waals surface area contributed by atoms with Crippen molar-refractivity contribution in [1.82, 2.24) is 20.0 Å². The van der Waals surface area contributed by atoms with Crippen LogP contribution < -0.4 is 5.32 Å². The molecule has 3 heterocycles. The topological polar surface area (TPSA) is 84.3 Å². The zero-order valence-corrected chi connectivity index (χ0v) is 18.0. The summed E-state index contributed by atoms with van der Waals surface area (Å²) >= 11 is 0. The second-order valence-corrected chi connectivity index (χ2v) is 8.58. The molecule has 0 spiro atoms. The van der Waals surface area contributed by atoms with Crippen LogP contribution in [0.4, 0.5) is 0 Å². The number of amides is 3. The summed E-state index contributed by atoms with van der Waals surface area (Å²) in [4.78, 5) is 38.4. The van der Waals surface area contributed by atoms with Gasteiger partial charge in [-0.05, 0) is 43.5 Å². The van der Waals surface area contributed by atoms with Gasteiger partial charge in [0.1, 0.15) is 6.04 Å². The van der Waals surface area contributed by atoms with E-state index >= 15 is 0 Å². The molecule has 3 amide bonds. The number of carbonyl (C=O) groups is 3. The van der Waals surface area contributed by atoms with Crippen molar-refractivity contribution in [3.8, 4) is 22.4 Å². The molecule has 0 bridgehead atoms. The van der Waals surface area contributed by atoms with Crippen LogP contribution in [-0.4, -0.2) is 38.4 Å². The van der Waals surface area contributed by atoms with Crippen molar-refractivity contribution in [2.75, 3.05) is 0 Å². The maximum absolute atomic E-state index is 13.0. The van der Waals surface area contributed by atoms with Gasteiger partial charge in [0, 0.05) is 35.7 Å². The Morgan fingerprint density at radius 3 is 2.50 bits per heavy atom. The number of nitrogens with one attached hydrogen (secondary N) is 1. The molecule has 1 saturated heterocycles. The minimum absolute atomic E-state index is 0.165. The molecule has 1 atom stereocenters. The Labute approximate surface area is 186 Å². The van der Waals surface area contributed by atoms with Crippen molar-refractivity contribution < 1.29 is 14.4 Å². The Hall–Kier alpha value is -3.74. The third kappa shape index (κ3) is 3.30. The first-order chi connectivity index (χ1) is 15.4. The molecule has 0 saturated carbocycles. The molecule has 0 radical (unpaired) electrons. The SMILES string of the molecule is CC(C)n1ncc(-c2ccc3c(c2)CN(C2CCC(=O)NC2=O)C3=O)c1-c1ccccc1. The number of rotatable bonds is 4. The van der Waals surface area contributed by atoms with Gasteiger partial charge in [-0.1, -0.05) is 36.4 Å². The van der Waals surface area contributed by atoms with E-state index < -0.39 is 11.9 Å². The average Bonchev–Trinajstić information content (AvgIpc) is 3.36. The number of aromatic nitrogens is 2. The van der Waals surface area contributed by atoms with Crippen molar-refractivity contribution in [3.05, 3.63) is 65.9 Å². The van der Waals surface area contributed by atoms with Crippen LogP contribution in [0.3, 0.4) is 0 Å². The summed E-state index contributed by atoms with van der Waals surface area (Å²) in [6, 6.07) is 15.5. The van der Waals surface area contributed by atoms with Gasteiger partial charge in [0.25, 0.3) is 5.91 Å². The highest BCUT2D eigenvalue weighted by molar-refractivity contribution is 6.05. The van der Waals surface area contributed by atoms with Crippen LogP contribution in [0, 0.1) is 0 Å². The first-order valence-electron chi connectivity index (χ1n) is 10.8. The smallest absolute Gasteiger partial charge is 0.255 e. The molecule has 7 heteroatoms. The highest BCUT2D eigenvalue weighted by Crippen LogP contribution is 2.36. The molecule has 3 aromatic rings. The van der Waals surface area contributed by atoms with E-state index in [0.29, 0.717) is 18.5 Å². The summed E-state index contributed by atoms with van der Waals surface area (Å²) in [6.45, 7) is 4.55. The zero-order chi connectivity index (χ0) is 22.4. The number of hydrogen-bond acceptors (Lipinski definition) is 4. The largest absolute Gasteiger partial charge is 0.322 e. The molecule has 1 unspecified atom stereocenters. The van der Waals surface area contributed by atoms with Crippen molar-refractivity contribution in [2.24, 2.45) is 0 Å². The minimum atomic E-state index is -0.611. The van der Waals surface area contributed by atoms with Crippen LogP contribution in [0.2, 0.25) is 0 Å². The predicted molar refractivity (Wildman–Crippen MR) is 120 cm³/mol. The third-order valence-corrected chi connectivity index (χ3v) is 6.17. The Balaban J connectivity index is 1.52. The summed E-state index contributed by atoms with van der Waals surface area (Å²) < 4.78 is 2.01. The molecule has 5 rings (SSSR count). The first-order valence-corrected chi connectivity index (χ1v) is 10.8. The maximum Gasteiger partial charge on any atom is 0.255 e. The second-order valence-electron chi connectivity index (χ2n) is 8.58. The second kappa shape index (κ2) is 7.75. The van der Waals surface area contributed by atoms with E-state index in [1.54, 1.807) is 4.90 Å². The molecule has 1 aromatic heterocycles. The van der Waals surface area contributed by atoms with E-state index in [1.165, 1.54) is 0 Å². The van der Waals surface area contributed by atoms with Gasteiger partial charge in [-0.25, -0.2) is 0 Å². The Morgan fingerprint density at radius 1 is 1.00 bits per heavy atom. The molecule has 2 aromatic carbocycles. The molecular weight excluding hydrogens is 404 g/mol. The quantitative estimate of drug-likeness (QED) is 0.644. The fraction of sp³-hybridized carbons (Fsp3) is 0.280. The number of benzene rings is 2. The highest BCUT2D eigenvalue weighted by atomic mass is 16.2. The van der Waals surface area contributed by atoms with Crippen LogP contribution in [0.5, 0.6) is 0 Å². The Kier molecular flexibility index (Phi) is 4.89. The van der Waals surface area contributed by atoms with Gasteiger partial charge in [0.15, 0.2) is 0 Å². The van der Waals surface area contributed by atoms with Gasteiger partial charge in [-0.2, -0.15) is 5.10 Å². The molecular formula is C25H24N4O3. The van der Waals surface area contributed by atoms with Crippen LogP contribution in [0.1, 0.15) is 48.7 Å². The highest BCUT2D eigenvalue weighted by Gasteiger charge is 2.39. The zero-order valence-electron chi connectivity index (χ0n) is 18.0. The number of fused-ring (bicyclic) bond motifs is 1. The normalized spacial score (nSPS) is 18.3.